The molecule has 2 rings (SSSR count). The lowest BCUT2D eigenvalue weighted by Crippen LogP contribution is -2.30. The molecule has 1 aliphatic heterocycles. The Labute approximate surface area is 113 Å². The topological polar surface area (TPSA) is 3.24 Å². The Kier molecular flexibility index (Phi) is 4.33. The van der Waals surface area contributed by atoms with Crippen LogP contribution in [0, 0.1) is 0 Å². The largest absolute Gasteiger partial charge is 0.416 e. The smallest absolute Gasteiger partial charge is 0.295 e. The zero-order chi connectivity index (χ0) is 13.2. The Hall–Kier alpha value is -0.550. The summed E-state index contributed by atoms with van der Waals surface area (Å²) in [6, 6.07) is 6.06. The van der Waals surface area contributed by atoms with Gasteiger partial charge in [0.1, 0.15) is 0 Å². The van der Waals surface area contributed by atoms with Crippen molar-refractivity contribution in [1.82, 2.24) is 4.90 Å². The minimum Gasteiger partial charge on any atom is -0.295 e. The predicted molar refractivity (Wildman–Crippen MR) is 68.7 cm³/mol. The molecule has 1 fully saturated rings. The van der Waals surface area contributed by atoms with Crippen molar-refractivity contribution in [2.45, 2.75) is 31.6 Å². The van der Waals surface area contributed by atoms with Gasteiger partial charge in [-0.15, -0.1) is 0 Å². The van der Waals surface area contributed by atoms with Crippen molar-refractivity contribution in [1.29, 1.82) is 0 Å². The van der Waals surface area contributed by atoms with E-state index in [1.165, 1.54) is 12.1 Å². The van der Waals surface area contributed by atoms with Crippen molar-refractivity contribution in [3.8, 4) is 0 Å². The molecule has 0 saturated carbocycles. The SMILES string of the molecule is FC(F)(F)c1cccc(CN2CCCC2CBr)c1. The summed E-state index contributed by atoms with van der Waals surface area (Å²) in [5, 5.41) is 0.881. The minimum atomic E-state index is -4.25. The van der Waals surface area contributed by atoms with Crippen LogP contribution in [-0.4, -0.2) is 22.8 Å². The lowest BCUT2D eigenvalue weighted by molar-refractivity contribution is -0.137. The normalized spacial score (nSPS) is 21.4. The number of benzene rings is 1. The van der Waals surface area contributed by atoms with E-state index in [0.29, 0.717) is 12.6 Å². The molecule has 0 radical (unpaired) electrons. The Morgan fingerprint density at radius 1 is 1.33 bits per heavy atom. The molecule has 100 valence electrons. The van der Waals surface area contributed by atoms with Crippen LogP contribution in [0.1, 0.15) is 24.0 Å². The van der Waals surface area contributed by atoms with Crippen LogP contribution in [0.4, 0.5) is 13.2 Å². The molecule has 1 unspecified atom stereocenters. The standard InChI is InChI=1S/C13H15BrF3N/c14-8-12-5-2-6-18(12)9-10-3-1-4-11(7-10)13(15,16)17/h1,3-4,7,12H,2,5-6,8-9H2. The molecule has 1 heterocycles. The molecular weight excluding hydrogens is 307 g/mol. The van der Waals surface area contributed by atoms with E-state index in [1.807, 2.05) is 0 Å². The van der Waals surface area contributed by atoms with Crippen molar-refractivity contribution in [2.75, 3.05) is 11.9 Å². The molecule has 1 aromatic rings. The Morgan fingerprint density at radius 3 is 2.78 bits per heavy atom. The van der Waals surface area contributed by atoms with Gasteiger partial charge in [-0.25, -0.2) is 0 Å². The molecule has 0 aliphatic carbocycles. The van der Waals surface area contributed by atoms with Gasteiger partial charge in [-0.05, 0) is 31.0 Å². The first-order chi connectivity index (χ1) is 8.50. The van der Waals surface area contributed by atoms with E-state index >= 15 is 0 Å². The fourth-order valence-electron chi connectivity index (χ4n) is 2.36. The number of rotatable bonds is 3. The van der Waals surface area contributed by atoms with Gasteiger partial charge in [-0.3, -0.25) is 4.90 Å². The fraction of sp³-hybridized carbons (Fsp3) is 0.538. The van der Waals surface area contributed by atoms with Gasteiger partial charge in [0.2, 0.25) is 0 Å². The second-order valence-corrected chi connectivity index (χ2v) is 5.27. The molecule has 5 heteroatoms. The molecule has 1 saturated heterocycles. The van der Waals surface area contributed by atoms with Crippen molar-refractivity contribution in [3.05, 3.63) is 35.4 Å². The van der Waals surface area contributed by atoms with E-state index in [0.717, 1.165) is 36.3 Å². The molecule has 0 spiro atoms. The van der Waals surface area contributed by atoms with E-state index in [-0.39, 0.29) is 0 Å². The van der Waals surface area contributed by atoms with Crippen molar-refractivity contribution in [3.63, 3.8) is 0 Å². The quantitative estimate of drug-likeness (QED) is 0.759. The Balaban J connectivity index is 2.10. The van der Waals surface area contributed by atoms with Gasteiger partial charge in [-0.2, -0.15) is 13.2 Å². The highest BCUT2D eigenvalue weighted by molar-refractivity contribution is 9.09. The predicted octanol–water partition coefficient (Wildman–Crippen LogP) is 4.06. The highest BCUT2D eigenvalue weighted by Crippen LogP contribution is 2.30. The van der Waals surface area contributed by atoms with Crippen molar-refractivity contribution in [2.24, 2.45) is 0 Å². The van der Waals surface area contributed by atoms with Gasteiger partial charge >= 0.3 is 6.18 Å². The molecule has 0 amide bonds. The van der Waals surface area contributed by atoms with Gasteiger partial charge in [-0.1, -0.05) is 34.1 Å². The maximum Gasteiger partial charge on any atom is 0.416 e. The van der Waals surface area contributed by atoms with E-state index in [4.69, 9.17) is 0 Å². The van der Waals surface area contributed by atoms with Crippen LogP contribution >= 0.6 is 15.9 Å². The Morgan fingerprint density at radius 2 is 2.11 bits per heavy atom. The van der Waals surface area contributed by atoms with Gasteiger partial charge < -0.3 is 0 Å². The first-order valence-corrected chi connectivity index (χ1v) is 7.09. The van der Waals surface area contributed by atoms with Gasteiger partial charge in [0, 0.05) is 17.9 Å². The fourth-order valence-corrected chi connectivity index (χ4v) is 3.09. The van der Waals surface area contributed by atoms with Gasteiger partial charge in [0.05, 0.1) is 5.56 Å². The highest BCUT2D eigenvalue weighted by Gasteiger charge is 2.31. The second-order valence-electron chi connectivity index (χ2n) is 4.62. The van der Waals surface area contributed by atoms with E-state index in [9.17, 15) is 13.2 Å². The number of likely N-dealkylation sites (tertiary alicyclic amines) is 1. The molecule has 18 heavy (non-hydrogen) atoms. The van der Waals surface area contributed by atoms with Crippen LogP contribution in [0.2, 0.25) is 0 Å². The lowest BCUT2D eigenvalue weighted by Gasteiger charge is -2.23. The first-order valence-electron chi connectivity index (χ1n) is 5.97. The van der Waals surface area contributed by atoms with Crippen LogP contribution in [-0.2, 0) is 12.7 Å². The number of hydrogen-bond donors (Lipinski definition) is 0. The van der Waals surface area contributed by atoms with Crippen LogP contribution in [0.15, 0.2) is 24.3 Å². The number of hydrogen-bond acceptors (Lipinski definition) is 1. The summed E-state index contributed by atoms with van der Waals surface area (Å²) in [4.78, 5) is 2.24. The zero-order valence-corrected chi connectivity index (χ0v) is 11.5. The molecule has 1 atom stereocenters. The highest BCUT2D eigenvalue weighted by atomic mass is 79.9. The second kappa shape index (κ2) is 5.61. The molecule has 1 nitrogen and oxygen atoms in total. The van der Waals surface area contributed by atoms with Gasteiger partial charge in [0.15, 0.2) is 0 Å². The molecule has 0 aromatic heterocycles. The third kappa shape index (κ3) is 3.26. The van der Waals surface area contributed by atoms with E-state index < -0.39 is 11.7 Å². The summed E-state index contributed by atoms with van der Waals surface area (Å²) in [5.74, 6) is 0. The summed E-state index contributed by atoms with van der Waals surface area (Å²) in [7, 11) is 0. The van der Waals surface area contributed by atoms with Crippen LogP contribution < -0.4 is 0 Å². The summed E-state index contributed by atoms with van der Waals surface area (Å²) in [6.45, 7) is 1.56. The molecule has 1 aliphatic rings. The number of nitrogens with zero attached hydrogens (tertiary/aromatic N) is 1. The van der Waals surface area contributed by atoms with Gasteiger partial charge in [0.25, 0.3) is 0 Å². The van der Waals surface area contributed by atoms with Crippen LogP contribution in [0.3, 0.4) is 0 Å². The summed E-state index contributed by atoms with van der Waals surface area (Å²) >= 11 is 3.45. The lowest BCUT2D eigenvalue weighted by atomic mass is 10.1. The Bertz CT molecular complexity index is 405. The average Bonchev–Trinajstić information content (AvgIpc) is 2.75. The maximum absolute atomic E-state index is 12.6. The van der Waals surface area contributed by atoms with Crippen LogP contribution in [0.25, 0.3) is 0 Å². The zero-order valence-electron chi connectivity index (χ0n) is 9.88. The monoisotopic (exact) mass is 321 g/mol. The summed E-state index contributed by atoms with van der Waals surface area (Å²) in [5.41, 5.74) is 0.173. The first kappa shape index (κ1) is 13.9. The number of alkyl halides is 4. The summed E-state index contributed by atoms with van der Waals surface area (Å²) in [6.07, 6.45) is -2.02. The van der Waals surface area contributed by atoms with E-state index in [1.54, 1.807) is 6.07 Å². The number of halogens is 4. The molecule has 0 bridgehead atoms. The van der Waals surface area contributed by atoms with Crippen molar-refractivity contribution >= 4 is 15.9 Å². The third-order valence-corrected chi connectivity index (χ3v) is 4.06. The molecule has 1 aromatic carbocycles. The molecular formula is C13H15BrF3N. The average molecular weight is 322 g/mol. The molecule has 0 N–H and O–H groups in total. The third-order valence-electron chi connectivity index (χ3n) is 3.32. The van der Waals surface area contributed by atoms with E-state index in [2.05, 4.69) is 20.8 Å². The van der Waals surface area contributed by atoms with Crippen molar-refractivity contribution < 1.29 is 13.2 Å². The van der Waals surface area contributed by atoms with Crippen LogP contribution in [0.5, 0.6) is 0 Å². The minimum absolute atomic E-state index is 0.444. The maximum atomic E-state index is 12.6. The summed E-state index contributed by atoms with van der Waals surface area (Å²) < 4.78 is 37.8.